The smallest absolute Gasteiger partial charge is 0.240 e. The highest BCUT2D eigenvalue weighted by atomic mass is 32.2. The maximum Gasteiger partial charge on any atom is 0.240 e. The van der Waals surface area contributed by atoms with Crippen molar-refractivity contribution in [2.24, 2.45) is 10.3 Å². The molecule has 1 aromatic rings. The number of nitrogens with one attached hydrogen (secondary N) is 1. The first-order chi connectivity index (χ1) is 8.59. The summed E-state index contributed by atoms with van der Waals surface area (Å²) in [7, 11) is -7.32. The molecule has 8 nitrogen and oxygen atoms in total. The Kier molecular flexibility index (Phi) is 4.74. The van der Waals surface area contributed by atoms with Crippen molar-refractivity contribution in [1.29, 1.82) is 0 Å². The lowest BCUT2D eigenvalue weighted by molar-refractivity contribution is 0.594. The monoisotopic (exact) mass is 308 g/mol. The molecule has 0 amide bonds. The number of nitrogen functional groups attached to an aromatic ring is 1. The molecule has 0 fully saturated rings. The third kappa shape index (κ3) is 5.42. The zero-order chi connectivity index (χ0) is 14.7. The molecule has 108 valence electrons. The van der Waals surface area contributed by atoms with Gasteiger partial charge in [0.25, 0.3) is 0 Å². The van der Waals surface area contributed by atoms with Crippen LogP contribution in [0.15, 0.2) is 23.1 Å². The van der Waals surface area contributed by atoms with E-state index in [0.717, 1.165) is 0 Å². The van der Waals surface area contributed by atoms with E-state index in [1.54, 1.807) is 0 Å². The highest BCUT2D eigenvalue weighted by Crippen LogP contribution is 2.21. The summed E-state index contributed by atoms with van der Waals surface area (Å²) in [6, 6.07) is 4.19. The zero-order valence-corrected chi connectivity index (χ0v) is 11.7. The molecule has 1 aromatic carbocycles. The second-order valence-electron chi connectivity index (χ2n) is 3.94. The van der Waals surface area contributed by atoms with Gasteiger partial charge in [-0.05, 0) is 24.6 Å². The summed E-state index contributed by atoms with van der Waals surface area (Å²) < 4.78 is 43.7. The fourth-order valence-corrected chi connectivity index (χ4v) is 2.62. The highest BCUT2D eigenvalue weighted by Gasteiger charge is 2.12. The molecule has 7 N–H and O–H groups in total. The Morgan fingerprint density at radius 3 is 2.21 bits per heavy atom. The number of hydrogen-bond acceptors (Lipinski definition) is 6. The molecule has 19 heavy (non-hydrogen) atoms. The Bertz CT molecular complexity index is 655. The van der Waals surface area contributed by atoms with E-state index in [-0.39, 0.29) is 16.3 Å². The Morgan fingerprint density at radius 2 is 1.74 bits per heavy atom. The van der Waals surface area contributed by atoms with Crippen molar-refractivity contribution in [3.8, 4) is 0 Å². The molecule has 0 spiro atoms. The fourth-order valence-electron chi connectivity index (χ4n) is 1.42. The van der Waals surface area contributed by atoms with Gasteiger partial charge in [-0.2, -0.15) is 0 Å². The van der Waals surface area contributed by atoms with Crippen LogP contribution in [-0.2, 0) is 20.0 Å². The van der Waals surface area contributed by atoms with Crippen molar-refractivity contribution in [2.45, 2.75) is 11.3 Å². The van der Waals surface area contributed by atoms with Gasteiger partial charge in [0, 0.05) is 12.2 Å². The quantitative estimate of drug-likeness (QED) is 0.390. The van der Waals surface area contributed by atoms with Gasteiger partial charge in [0.1, 0.15) is 4.90 Å². The van der Waals surface area contributed by atoms with Crippen LogP contribution in [0.5, 0.6) is 0 Å². The summed E-state index contributed by atoms with van der Waals surface area (Å²) in [5, 5.41) is 12.7. The average molecular weight is 308 g/mol. The first-order valence-corrected chi connectivity index (χ1v) is 8.52. The van der Waals surface area contributed by atoms with E-state index in [1.807, 2.05) is 0 Å². The molecule has 0 radical (unpaired) electrons. The topological polar surface area (TPSA) is 158 Å². The van der Waals surface area contributed by atoms with E-state index in [4.69, 9.17) is 16.0 Å². The van der Waals surface area contributed by atoms with Gasteiger partial charge in [0.05, 0.1) is 11.4 Å². The number of benzene rings is 1. The first kappa shape index (κ1) is 15.7. The minimum Gasteiger partial charge on any atom is -0.398 e. The number of rotatable bonds is 6. The van der Waals surface area contributed by atoms with Crippen molar-refractivity contribution in [3.05, 3.63) is 18.2 Å². The first-order valence-electron chi connectivity index (χ1n) is 5.26. The van der Waals surface area contributed by atoms with Crippen molar-refractivity contribution >= 4 is 31.4 Å². The summed E-state index contributed by atoms with van der Waals surface area (Å²) in [6.45, 7) is 0.366. The Labute approximate surface area is 112 Å². The van der Waals surface area contributed by atoms with Crippen LogP contribution in [0.3, 0.4) is 0 Å². The zero-order valence-electron chi connectivity index (χ0n) is 10.0. The number of nitrogens with two attached hydrogens (primary N) is 3. The van der Waals surface area contributed by atoms with Gasteiger partial charge < -0.3 is 11.1 Å². The van der Waals surface area contributed by atoms with Gasteiger partial charge in [0.15, 0.2) is 0 Å². The summed E-state index contributed by atoms with van der Waals surface area (Å²) in [4.78, 5) is -0.150. The summed E-state index contributed by atoms with van der Waals surface area (Å²) in [5.41, 5.74) is 6.16. The van der Waals surface area contributed by atoms with Crippen molar-refractivity contribution in [3.63, 3.8) is 0 Å². The minimum atomic E-state index is -3.84. The average Bonchev–Trinajstić information content (AvgIpc) is 2.21. The molecule has 0 aliphatic carbocycles. The third-order valence-corrected chi connectivity index (χ3v) is 4.09. The number of hydrogen-bond donors (Lipinski definition) is 4. The molecule has 1 rings (SSSR count). The third-order valence-electron chi connectivity index (χ3n) is 2.25. The summed E-state index contributed by atoms with van der Waals surface area (Å²) in [5.74, 6) is -0.134. The lowest BCUT2D eigenvalue weighted by Crippen LogP contribution is -2.19. The molecule has 0 bridgehead atoms. The van der Waals surface area contributed by atoms with Gasteiger partial charge in [0.2, 0.25) is 20.0 Å². The van der Waals surface area contributed by atoms with Crippen molar-refractivity contribution in [2.75, 3.05) is 23.3 Å². The van der Waals surface area contributed by atoms with Gasteiger partial charge in [-0.1, -0.05) is 0 Å². The van der Waals surface area contributed by atoms with Crippen LogP contribution in [0.1, 0.15) is 6.42 Å². The van der Waals surface area contributed by atoms with Crippen molar-refractivity contribution in [1.82, 2.24) is 0 Å². The molecule has 0 atom stereocenters. The predicted molar refractivity (Wildman–Crippen MR) is 73.3 cm³/mol. The molecule has 0 aliphatic heterocycles. The van der Waals surface area contributed by atoms with Crippen LogP contribution < -0.4 is 21.3 Å². The lowest BCUT2D eigenvalue weighted by Gasteiger charge is -2.09. The van der Waals surface area contributed by atoms with Gasteiger partial charge >= 0.3 is 0 Å². The molecular weight excluding hydrogens is 292 g/mol. The molecule has 0 heterocycles. The van der Waals surface area contributed by atoms with Crippen LogP contribution in [0.2, 0.25) is 0 Å². The lowest BCUT2D eigenvalue weighted by atomic mass is 10.3. The normalized spacial score (nSPS) is 12.3. The van der Waals surface area contributed by atoms with E-state index in [2.05, 4.69) is 5.32 Å². The highest BCUT2D eigenvalue weighted by molar-refractivity contribution is 7.89. The second-order valence-corrected chi connectivity index (χ2v) is 7.21. The van der Waals surface area contributed by atoms with E-state index in [1.165, 1.54) is 18.2 Å². The number of primary sulfonamides is 2. The Morgan fingerprint density at radius 1 is 1.11 bits per heavy atom. The SMILES string of the molecule is Nc1cc(NCCCS(N)(=O)=O)ccc1S(N)(=O)=O. The maximum atomic E-state index is 11.1. The van der Waals surface area contributed by atoms with E-state index < -0.39 is 20.0 Å². The van der Waals surface area contributed by atoms with Crippen molar-refractivity contribution < 1.29 is 16.8 Å². The molecular formula is C9H16N4O4S2. The molecule has 0 aliphatic rings. The number of sulfonamides is 2. The van der Waals surface area contributed by atoms with Gasteiger partial charge in [-0.25, -0.2) is 27.1 Å². The minimum absolute atomic E-state index is 0.0268. The van der Waals surface area contributed by atoms with Crippen LogP contribution in [0.4, 0.5) is 11.4 Å². The predicted octanol–water partition coefficient (Wildman–Crippen LogP) is -0.993. The van der Waals surface area contributed by atoms with Gasteiger partial charge in [-0.3, -0.25) is 0 Å². The molecule has 10 heteroatoms. The number of anilines is 2. The Balaban J connectivity index is 2.65. The Hall–Kier alpha value is -1.36. The molecule has 0 unspecified atom stereocenters. The standard InChI is InChI=1S/C9H16N4O4S2/c10-8-6-7(2-3-9(8)19(12,16)17)13-4-1-5-18(11,14)15/h2-3,6,13H,1,4-5,10H2,(H2,11,14,15)(H2,12,16,17). The van der Waals surface area contributed by atoms with E-state index >= 15 is 0 Å². The molecule has 0 saturated heterocycles. The van der Waals surface area contributed by atoms with Crippen LogP contribution in [-0.4, -0.2) is 29.1 Å². The largest absolute Gasteiger partial charge is 0.398 e. The van der Waals surface area contributed by atoms with Gasteiger partial charge in [-0.15, -0.1) is 0 Å². The fraction of sp³-hybridized carbons (Fsp3) is 0.333. The maximum absolute atomic E-state index is 11.1. The van der Waals surface area contributed by atoms with E-state index in [9.17, 15) is 16.8 Å². The van der Waals surface area contributed by atoms with Crippen LogP contribution in [0, 0.1) is 0 Å². The van der Waals surface area contributed by atoms with Crippen LogP contribution >= 0.6 is 0 Å². The summed E-state index contributed by atoms with van der Waals surface area (Å²) in [6.07, 6.45) is 0.329. The molecule has 0 aromatic heterocycles. The summed E-state index contributed by atoms with van der Waals surface area (Å²) >= 11 is 0. The van der Waals surface area contributed by atoms with E-state index in [0.29, 0.717) is 18.7 Å². The molecule has 0 saturated carbocycles. The second kappa shape index (κ2) is 5.74. The van der Waals surface area contributed by atoms with Crippen LogP contribution in [0.25, 0.3) is 0 Å².